The van der Waals surface area contributed by atoms with Crippen LogP contribution < -0.4 is 5.14 Å². The normalized spacial score (nSPS) is 12.6. The third kappa shape index (κ3) is 5.18. The maximum Gasteiger partial charge on any atom is 0.311 e. The van der Waals surface area contributed by atoms with Crippen LogP contribution in [0.3, 0.4) is 0 Å². The Bertz CT molecular complexity index is 294. The van der Waals surface area contributed by atoms with Crippen LogP contribution in [0.15, 0.2) is 0 Å². The highest BCUT2D eigenvalue weighted by molar-refractivity contribution is 7.89. The third-order valence-corrected chi connectivity index (χ3v) is 2.61. The van der Waals surface area contributed by atoms with Crippen LogP contribution >= 0.6 is 0 Å². The van der Waals surface area contributed by atoms with Gasteiger partial charge in [-0.1, -0.05) is 0 Å². The molecule has 0 bridgehead atoms. The van der Waals surface area contributed by atoms with Gasteiger partial charge in [-0.3, -0.25) is 4.79 Å². The first-order valence-corrected chi connectivity index (χ1v) is 6.08. The summed E-state index contributed by atoms with van der Waals surface area (Å²) in [6.07, 6.45) is 0.171. The molecule has 0 atom stereocenters. The van der Waals surface area contributed by atoms with Gasteiger partial charge in [0.2, 0.25) is 10.0 Å². The van der Waals surface area contributed by atoms with E-state index in [0.717, 1.165) is 0 Å². The van der Waals surface area contributed by atoms with Crippen LogP contribution in [0.25, 0.3) is 0 Å². The van der Waals surface area contributed by atoms with E-state index in [-0.39, 0.29) is 18.8 Å². The first-order valence-electron chi connectivity index (χ1n) is 4.37. The lowest BCUT2D eigenvalue weighted by Gasteiger charge is -2.21. The van der Waals surface area contributed by atoms with Gasteiger partial charge in [0.15, 0.2) is 0 Å². The quantitative estimate of drug-likeness (QED) is 0.677. The van der Waals surface area contributed by atoms with Gasteiger partial charge in [-0.05, 0) is 27.2 Å². The summed E-state index contributed by atoms with van der Waals surface area (Å²) in [6.45, 7) is 5.26. The van der Waals surface area contributed by atoms with Crippen LogP contribution in [0.4, 0.5) is 0 Å². The van der Waals surface area contributed by atoms with Crippen LogP contribution in [-0.4, -0.2) is 26.7 Å². The summed E-state index contributed by atoms with van der Waals surface area (Å²) in [7, 11) is -3.51. The summed E-state index contributed by atoms with van der Waals surface area (Å²) in [6, 6.07) is 0. The molecule has 0 amide bonds. The molecule has 6 heteroatoms. The van der Waals surface area contributed by atoms with Crippen molar-refractivity contribution in [1.29, 1.82) is 0 Å². The van der Waals surface area contributed by atoms with Crippen molar-refractivity contribution in [2.75, 3.05) is 12.4 Å². The smallest absolute Gasteiger partial charge is 0.311 e. The minimum atomic E-state index is -3.51. The standard InChI is InChI=1S/C8H17NO4S/c1-4-13-7(10)8(2,3)5-6-14(9,11)12/h4-6H2,1-3H3,(H2,9,11,12). The molecule has 0 saturated heterocycles. The molecule has 0 aliphatic carbocycles. The number of primary sulfonamides is 1. The zero-order valence-corrected chi connectivity index (χ0v) is 9.56. The van der Waals surface area contributed by atoms with Crippen molar-refractivity contribution in [3.8, 4) is 0 Å². The lowest BCUT2D eigenvalue weighted by Crippen LogP contribution is -2.30. The molecule has 0 aromatic carbocycles. The molecule has 14 heavy (non-hydrogen) atoms. The number of hydrogen-bond donors (Lipinski definition) is 1. The van der Waals surface area contributed by atoms with Crippen molar-refractivity contribution < 1.29 is 17.9 Å². The van der Waals surface area contributed by atoms with E-state index in [1.807, 2.05) is 0 Å². The summed E-state index contributed by atoms with van der Waals surface area (Å²) in [5, 5.41) is 4.84. The summed E-state index contributed by atoms with van der Waals surface area (Å²) in [4.78, 5) is 11.3. The van der Waals surface area contributed by atoms with Crippen molar-refractivity contribution in [1.82, 2.24) is 0 Å². The van der Waals surface area contributed by atoms with Crippen LogP contribution in [-0.2, 0) is 19.6 Å². The van der Waals surface area contributed by atoms with Gasteiger partial charge >= 0.3 is 5.97 Å². The molecule has 0 unspecified atom stereocenters. The molecule has 0 aliphatic rings. The van der Waals surface area contributed by atoms with Crippen molar-refractivity contribution in [2.45, 2.75) is 27.2 Å². The maximum absolute atomic E-state index is 11.3. The van der Waals surface area contributed by atoms with Gasteiger partial charge in [0.05, 0.1) is 17.8 Å². The van der Waals surface area contributed by atoms with Crippen LogP contribution in [0.2, 0.25) is 0 Å². The molecule has 0 aliphatic heterocycles. The summed E-state index contributed by atoms with van der Waals surface area (Å²) >= 11 is 0. The number of nitrogens with two attached hydrogens (primary N) is 1. The van der Waals surface area contributed by atoms with Gasteiger partial charge < -0.3 is 4.74 Å². The van der Waals surface area contributed by atoms with Gasteiger partial charge in [-0.25, -0.2) is 13.6 Å². The monoisotopic (exact) mass is 223 g/mol. The molecular formula is C8H17NO4S. The van der Waals surface area contributed by atoms with Crippen LogP contribution in [0, 0.1) is 5.41 Å². The average molecular weight is 223 g/mol. The molecule has 2 N–H and O–H groups in total. The Morgan fingerprint density at radius 2 is 1.93 bits per heavy atom. The molecule has 0 radical (unpaired) electrons. The Kier molecular flexibility index (Phi) is 4.54. The molecule has 0 heterocycles. The van der Waals surface area contributed by atoms with E-state index in [0.29, 0.717) is 0 Å². The highest BCUT2D eigenvalue weighted by atomic mass is 32.2. The zero-order chi connectivity index (χ0) is 11.4. The summed E-state index contributed by atoms with van der Waals surface area (Å²) in [5.41, 5.74) is -0.803. The Balaban J connectivity index is 4.27. The minimum absolute atomic E-state index is 0.171. The van der Waals surface area contributed by atoms with Gasteiger partial charge in [0.25, 0.3) is 0 Å². The fraction of sp³-hybridized carbons (Fsp3) is 0.875. The largest absolute Gasteiger partial charge is 0.466 e. The number of esters is 1. The van der Waals surface area contributed by atoms with Crippen molar-refractivity contribution in [2.24, 2.45) is 10.6 Å². The number of ether oxygens (including phenoxy) is 1. The van der Waals surface area contributed by atoms with Crippen molar-refractivity contribution in [3.63, 3.8) is 0 Å². The van der Waals surface area contributed by atoms with Crippen LogP contribution in [0.1, 0.15) is 27.2 Å². The van der Waals surface area contributed by atoms with E-state index in [1.54, 1.807) is 20.8 Å². The molecule has 0 rings (SSSR count). The molecule has 0 aromatic heterocycles. The third-order valence-electron chi connectivity index (χ3n) is 1.84. The van der Waals surface area contributed by atoms with E-state index in [4.69, 9.17) is 9.88 Å². The van der Waals surface area contributed by atoms with E-state index in [2.05, 4.69) is 0 Å². The molecule has 0 aromatic rings. The van der Waals surface area contributed by atoms with E-state index >= 15 is 0 Å². The molecular weight excluding hydrogens is 206 g/mol. The average Bonchev–Trinajstić information content (AvgIpc) is 2.00. The highest BCUT2D eigenvalue weighted by Gasteiger charge is 2.30. The highest BCUT2D eigenvalue weighted by Crippen LogP contribution is 2.22. The minimum Gasteiger partial charge on any atom is -0.466 e. The van der Waals surface area contributed by atoms with Gasteiger partial charge in [-0.15, -0.1) is 0 Å². The maximum atomic E-state index is 11.3. The Labute approximate surface area is 84.7 Å². The lowest BCUT2D eigenvalue weighted by atomic mass is 9.90. The van der Waals surface area contributed by atoms with Crippen LogP contribution in [0.5, 0.6) is 0 Å². The number of hydrogen-bond acceptors (Lipinski definition) is 4. The molecule has 0 saturated carbocycles. The van der Waals surface area contributed by atoms with Gasteiger partial charge in [-0.2, -0.15) is 0 Å². The van der Waals surface area contributed by atoms with Gasteiger partial charge in [0.1, 0.15) is 0 Å². The summed E-state index contributed by atoms with van der Waals surface area (Å²) < 4.78 is 26.2. The van der Waals surface area contributed by atoms with E-state index in [9.17, 15) is 13.2 Å². The van der Waals surface area contributed by atoms with Crippen molar-refractivity contribution in [3.05, 3.63) is 0 Å². The van der Waals surface area contributed by atoms with E-state index < -0.39 is 21.4 Å². The number of carbonyl (C=O) groups is 1. The number of sulfonamides is 1. The predicted molar refractivity (Wildman–Crippen MR) is 53.0 cm³/mol. The molecule has 0 spiro atoms. The second-order valence-corrected chi connectivity index (χ2v) is 5.46. The predicted octanol–water partition coefficient (Wildman–Crippen LogP) is 0.254. The topological polar surface area (TPSA) is 86.5 Å². The second-order valence-electron chi connectivity index (χ2n) is 3.72. The van der Waals surface area contributed by atoms with Crippen molar-refractivity contribution >= 4 is 16.0 Å². The number of rotatable bonds is 5. The Morgan fingerprint density at radius 3 is 2.29 bits per heavy atom. The van der Waals surface area contributed by atoms with Gasteiger partial charge in [0, 0.05) is 0 Å². The lowest BCUT2D eigenvalue weighted by molar-refractivity contribution is -0.153. The first-order chi connectivity index (χ1) is 6.19. The second kappa shape index (κ2) is 4.75. The first kappa shape index (κ1) is 13.4. The Hall–Kier alpha value is -0.620. The Morgan fingerprint density at radius 1 is 1.43 bits per heavy atom. The summed E-state index contributed by atoms with van der Waals surface area (Å²) in [5.74, 6) is -0.609. The fourth-order valence-electron chi connectivity index (χ4n) is 0.826. The zero-order valence-electron chi connectivity index (χ0n) is 8.74. The SMILES string of the molecule is CCOC(=O)C(C)(C)CCS(N)(=O)=O. The molecule has 84 valence electrons. The fourth-order valence-corrected chi connectivity index (χ4v) is 1.62. The molecule has 5 nitrogen and oxygen atoms in total. The van der Waals surface area contributed by atoms with E-state index in [1.165, 1.54) is 0 Å². The number of carbonyl (C=O) groups excluding carboxylic acids is 1. The molecule has 0 fully saturated rings.